The number of nitrogens with zero attached hydrogens (tertiary/aromatic N) is 2. The first-order chi connectivity index (χ1) is 12.7. The van der Waals surface area contributed by atoms with Gasteiger partial charge in [0.2, 0.25) is 5.54 Å². The van der Waals surface area contributed by atoms with Crippen molar-refractivity contribution in [2.45, 2.75) is 31.2 Å². The molecule has 7 heteroatoms. The molecule has 0 saturated carbocycles. The normalized spacial score (nSPS) is 26.0. The summed E-state index contributed by atoms with van der Waals surface area (Å²) >= 11 is 6.10. The number of nitrogens with two attached hydrogens (primary N) is 1. The second kappa shape index (κ2) is 5.70. The molecule has 4 rings (SSSR count). The van der Waals surface area contributed by atoms with Gasteiger partial charge in [-0.05, 0) is 49.2 Å². The van der Waals surface area contributed by atoms with Crippen molar-refractivity contribution in [1.82, 2.24) is 4.90 Å². The Balaban J connectivity index is 1.97. The average molecular weight is 388 g/mol. The van der Waals surface area contributed by atoms with Gasteiger partial charge in [-0.3, -0.25) is 9.69 Å². The van der Waals surface area contributed by atoms with Gasteiger partial charge in [-0.25, -0.2) is 9.38 Å². The molecule has 2 N–H and O–H groups in total. The topological polar surface area (TPSA) is 67.9 Å². The molecular formula is C20H19ClFN3O2. The lowest BCUT2D eigenvalue weighted by Gasteiger charge is -2.44. The average Bonchev–Trinajstić information content (AvgIpc) is 2.85. The summed E-state index contributed by atoms with van der Waals surface area (Å²) in [5, 5.41) is 0.583. The lowest BCUT2D eigenvalue weighted by atomic mass is 9.75. The molecule has 5 nitrogen and oxygen atoms in total. The first kappa shape index (κ1) is 17.8. The quantitative estimate of drug-likeness (QED) is 0.814. The summed E-state index contributed by atoms with van der Waals surface area (Å²) in [6.07, 6.45) is -1.71. The number of fused-ring (bicyclic) bond motifs is 2. The molecule has 2 aliphatic heterocycles. The van der Waals surface area contributed by atoms with Crippen LogP contribution in [0.1, 0.15) is 19.4 Å². The van der Waals surface area contributed by atoms with E-state index >= 15 is 4.39 Å². The number of ether oxygens (including phenoxy) is 1. The molecule has 0 bridgehead atoms. The fraction of sp³-hybridized carbons (Fsp3) is 0.300. The molecule has 2 aromatic rings. The number of benzene rings is 2. The van der Waals surface area contributed by atoms with E-state index in [-0.39, 0.29) is 5.96 Å². The first-order valence-corrected chi connectivity index (χ1v) is 8.91. The van der Waals surface area contributed by atoms with Crippen LogP contribution in [0.3, 0.4) is 0 Å². The lowest BCUT2D eigenvalue weighted by molar-refractivity contribution is -0.139. The van der Waals surface area contributed by atoms with Crippen LogP contribution in [0, 0.1) is 0 Å². The van der Waals surface area contributed by atoms with Gasteiger partial charge in [0, 0.05) is 17.6 Å². The summed E-state index contributed by atoms with van der Waals surface area (Å²) in [6.45, 7) is 3.20. The van der Waals surface area contributed by atoms with Gasteiger partial charge in [0.05, 0.1) is 0 Å². The zero-order chi connectivity index (χ0) is 19.6. The second-order valence-corrected chi connectivity index (χ2v) is 7.83. The van der Waals surface area contributed by atoms with Crippen LogP contribution in [0.25, 0.3) is 11.1 Å². The van der Waals surface area contributed by atoms with Crippen LogP contribution < -0.4 is 10.5 Å². The van der Waals surface area contributed by atoms with Crippen molar-refractivity contribution < 1.29 is 13.9 Å². The highest BCUT2D eigenvalue weighted by atomic mass is 35.5. The van der Waals surface area contributed by atoms with Crippen LogP contribution in [0.15, 0.2) is 47.5 Å². The predicted octanol–water partition coefficient (Wildman–Crippen LogP) is 3.50. The molecule has 27 heavy (non-hydrogen) atoms. The van der Waals surface area contributed by atoms with Crippen molar-refractivity contribution in [2.75, 3.05) is 7.05 Å². The predicted molar refractivity (Wildman–Crippen MR) is 103 cm³/mol. The number of carbonyl (C=O) groups excluding carboxylic acids is 1. The van der Waals surface area contributed by atoms with E-state index in [0.717, 1.165) is 11.1 Å². The van der Waals surface area contributed by atoms with Crippen LogP contribution in [0.5, 0.6) is 5.75 Å². The molecule has 140 valence electrons. The minimum atomic E-state index is -1.76. The third kappa shape index (κ3) is 2.43. The van der Waals surface area contributed by atoms with Gasteiger partial charge in [0.1, 0.15) is 11.4 Å². The van der Waals surface area contributed by atoms with E-state index in [1.54, 1.807) is 38.1 Å². The number of likely N-dealkylation sites (N-methyl/N-ethyl adjacent to an activating group) is 1. The van der Waals surface area contributed by atoms with Gasteiger partial charge >= 0.3 is 0 Å². The molecular weight excluding hydrogens is 369 g/mol. The lowest BCUT2D eigenvalue weighted by Crippen LogP contribution is -2.58. The molecule has 0 radical (unpaired) electrons. The number of carbonyl (C=O) groups is 1. The Bertz CT molecular complexity index is 991. The van der Waals surface area contributed by atoms with Crippen LogP contribution in [0.2, 0.25) is 5.02 Å². The number of hydrogen-bond acceptors (Lipinski definition) is 4. The van der Waals surface area contributed by atoms with E-state index in [2.05, 4.69) is 4.99 Å². The summed E-state index contributed by atoms with van der Waals surface area (Å²) in [7, 11) is 1.49. The van der Waals surface area contributed by atoms with Crippen molar-refractivity contribution in [2.24, 2.45) is 10.7 Å². The van der Waals surface area contributed by atoms with Crippen LogP contribution in [0.4, 0.5) is 4.39 Å². The fourth-order valence-corrected chi connectivity index (χ4v) is 3.93. The Kier molecular flexibility index (Phi) is 3.75. The number of amides is 1. The Labute approximate surface area is 161 Å². The highest BCUT2D eigenvalue weighted by Crippen LogP contribution is 2.51. The maximum absolute atomic E-state index is 15.6. The standard InChI is InChI=1S/C20H19ClFN3O2/c1-19(2)16(22)20(17(26)25(3)18(23)24-20)14-10-12(7-8-15(14)27-19)11-5-4-6-13(21)9-11/h4-10,16H,1-3H3,(H2,23,24)/t16-,20?/m1/s1. The largest absolute Gasteiger partial charge is 0.484 e. The molecule has 0 saturated heterocycles. The van der Waals surface area contributed by atoms with E-state index < -0.39 is 23.2 Å². The van der Waals surface area contributed by atoms with Crippen molar-refractivity contribution in [3.8, 4) is 16.9 Å². The summed E-state index contributed by atoms with van der Waals surface area (Å²) in [6, 6.07) is 12.6. The Morgan fingerprint density at radius 2 is 1.93 bits per heavy atom. The Morgan fingerprint density at radius 3 is 2.56 bits per heavy atom. The minimum Gasteiger partial charge on any atom is -0.484 e. The van der Waals surface area contributed by atoms with Gasteiger partial charge in [-0.15, -0.1) is 0 Å². The van der Waals surface area contributed by atoms with Crippen molar-refractivity contribution in [3.63, 3.8) is 0 Å². The van der Waals surface area contributed by atoms with Crippen LogP contribution in [-0.4, -0.2) is 35.6 Å². The van der Waals surface area contributed by atoms with Crippen molar-refractivity contribution >= 4 is 23.5 Å². The number of aliphatic imine (C=N–C) groups is 1. The molecule has 0 fully saturated rings. The summed E-state index contributed by atoms with van der Waals surface area (Å²) < 4.78 is 21.5. The zero-order valence-electron chi connectivity index (χ0n) is 15.2. The van der Waals surface area contributed by atoms with E-state index in [4.69, 9.17) is 22.1 Å². The molecule has 2 heterocycles. The minimum absolute atomic E-state index is 0.0144. The van der Waals surface area contributed by atoms with Gasteiger partial charge in [0.25, 0.3) is 5.91 Å². The molecule has 2 atom stereocenters. The van der Waals surface area contributed by atoms with Crippen LogP contribution >= 0.6 is 11.6 Å². The number of halogens is 2. The first-order valence-electron chi connectivity index (χ1n) is 8.54. The van der Waals surface area contributed by atoms with Gasteiger partial charge in [-0.1, -0.05) is 29.8 Å². The second-order valence-electron chi connectivity index (χ2n) is 7.39. The number of guanidine groups is 1. The molecule has 2 aromatic carbocycles. The monoisotopic (exact) mass is 387 g/mol. The van der Waals surface area contributed by atoms with Crippen molar-refractivity contribution in [1.29, 1.82) is 0 Å². The summed E-state index contributed by atoms with van der Waals surface area (Å²) in [5.74, 6) is -0.104. The van der Waals surface area contributed by atoms with Gasteiger partial charge < -0.3 is 10.5 Å². The van der Waals surface area contributed by atoms with E-state index in [1.165, 1.54) is 11.9 Å². The van der Waals surface area contributed by atoms with E-state index in [9.17, 15) is 4.79 Å². The number of hydrogen-bond donors (Lipinski definition) is 1. The fourth-order valence-electron chi connectivity index (χ4n) is 3.74. The van der Waals surface area contributed by atoms with E-state index in [0.29, 0.717) is 16.3 Å². The molecule has 1 amide bonds. The molecule has 0 aliphatic carbocycles. The molecule has 0 aromatic heterocycles. The highest BCUT2D eigenvalue weighted by Gasteiger charge is 2.63. The number of alkyl halides is 1. The molecule has 2 aliphatic rings. The highest BCUT2D eigenvalue weighted by molar-refractivity contribution is 6.30. The van der Waals surface area contributed by atoms with Crippen LogP contribution in [-0.2, 0) is 10.3 Å². The molecule has 1 spiro atoms. The summed E-state index contributed by atoms with van der Waals surface area (Å²) in [5.41, 5.74) is 4.87. The Morgan fingerprint density at radius 1 is 1.22 bits per heavy atom. The van der Waals surface area contributed by atoms with Gasteiger partial charge in [0.15, 0.2) is 12.1 Å². The summed E-state index contributed by atoms with van der Waals surface area (Å²) in [4.78, 5) is 18.6. The van der Waals surface area contributed by atoms with Gasteiger partial charge in [-0.2, -0.15) is 0 Å². The third-order valence-electron chi connectivity index (χ3n) is 5.16. The Hall–Kier alpha value is -2.60. The van der Waals surface area contributed by atoms with Crippen molar-refractivity contribution in [3.05, 3.63) is 53.1 Å². The third-order valence-corrected chi connectivity index (χ3v) is 5.40. The maximum Gasteiger partial charge on any atom is 0.265 e. The molecule has 1 unspecified atom stereocenters. The zero-order valence-corrected chi connectivity index (χ0v) is 15.9. The van der Waals surface area contributed by atoms with E-state index in [1.807, 2.05) is 18.2 Å². The SMILES string of the molecule is CN1C(=O)C2(N=C1N)c1cc(-c3cccc(Cl)c3)ccc1OC(C)(C)[C@H]2F. The number of rotatable bonds is 1. The maximum atomic E-state index is 15.6. The smallest absolute Gasteiger partial charge is 0.265 e.